The summed E-state index contributed by atoms with van der Waals surface area (Å²) in [6.07, 6.45) is 3.24. The summed E-state index contributed by atoms with van der Waals surface area (Å²) in [5.74, 6) is 0.377. The fraction of sp³-hybridized carbons (Fsp3) is 0.519. The van der Waals surface area contributed by atoms with Gasteiger partial charge in [-0.05, 0) is 46.0 Å². The summed E-state index contributed by atoms with van der Waals surface area (Å²) in [6, 6.07) is 6.92. The second-order valence-electron chi connectivity index (χ2n) is 11.2. The topological polar surface area (TPSA) is 106 Å². The van der Waals surface area contributed by atoms with Crippen LogP contribution in [0.1, 0.15) is 60.3 Å². The number of carbonyl (C=O) groups is 2. The first-order valence-electron chi connectivity index (χ1n) is 12.7. The Morgan fingerprint density at radius 2 is 1.78 bits per heavy atom. The molecule has 10 heteroatoms. The molecule has 1 aromatic carbocycles. The molecule has 4 rings (SSSR count). The Balaban J connectivity index is 1.52. The number of hydrogen-bond donors (Lipinski definition) is 2. The van der Waals surface area contributed by atoms with Gasteiger partial charge in [0.15, 0.2) is 0 Å². The lowest BCUT2D eigenvalue weighted by Crippen LogP contribution is -2.51. The monoisotopic (exact) mass is 508 g/mol. The molecule has 1 aromatic heterocycles. The zero-order chi connectivity index (χ0) is 27.1. The van der Waals surface area contributed by atoms with Crippen molar-refractivity contribution in [3.8, 4) is 11.3 Å². The Labute approximate surface area is 219 Å². The molecule has 37 heavy (non-hydrogen) atoms. The van der Waals surface area contributed by atoms with Gasteiger partial charge in [0.25, 0.3) is 0 Å². The summed E-state index contributed by atoms with van der Waals surface area (Å²) in [4.78, 5) is 35.1. The Morgan fingerprint density at radius 1 is 1.16 bits per heavy atom. The van der Waals surface area contributed by atoms with Crippen molar-refractivity contribution in [1.29, 1.82) is 0 Å². The number of hydrogen-bond acceptors (Lipinski definition) is 6. The number of methoxy groups -OCH3 is 1. The molecule has 1 unspecified atom stereocenters. The number of benzene rings is 1. The fourth-order valence-electron chi connectivity index (χ4n) is 4.53. The van der Waals surface area contributed by atoms with Gasteiger partial charge in [-0.1, -0.05) is 49.8 Å². The van der Waals surface area contributed by atoms with Gasteiger partial charge in [0, 0.05) is 18.3 Å². The van der Waals surface area contributed by atoms with E-state index in [-0.39, 0.29) is 17.9 Å². The van der Waals surface area contributed by atoms with Gasteiger partial charge in [-0.25, -0.2) is 9.78 Å². The summed E-state index contributed by atoms with van der Waals surface area (Å²) < 4.78 is 17.0. The number of H-pyrrole nitrogens is 1. The zero-order valence-electron chi connectivity index (χ0n) is 22.9. The van der Waals surface area contributed by atoms with Crippen LogP contribution in [0, 0.1) is 5.92 Å². The lowest BCUT2D eigenvalue weighted by Gasteiger charge is -2.32. The SMILES string of the molecule is COC(=O)N[C@H](C(=O)N1CC(C)=CC1c1nc(-c2ccc(B3OC(C)(C)C(C)(C)O3)cc2)c[nH]1)C(C)C. The van der Waals surface area contributed by atoms with Crippen molar-refractivity contribution in [2.75, 3.05) is 13.7 Å². The molecule has 198 valence electrons. The lowest BCUT2D eigenvalue weighted by molar-refractivity contribution is -0.135. The molecule has 2 aromatic rings. The third-order valence-electron chi connectivity index (χ3n) is 7.48. The van der Waals surface area contributed by atoms with E-state index in [4.69, 9.17) is 19.0 Å². The van der Waals surface area contributed by atoms with Crippen LogP contribution in [0.3, 0.4) is 0 Å². The molecule has 2 N–H and O–H groups in total. The van der Waals surface area contributed by atoms with Crippen molar-refractivity contribution in [2.45, 2.75) is 71.8 Å². The van der Waals surface area contributed by atoms with E-state index in [2.05, 4.69) is 10.3 Å². The molecule has 2 atom stereocenters. The summed E-state index contributed by atoms with van der Waals surface area (Å²) >= 11 is 0. The Bertz CT molecular complexity index is 1170. The number of nitrogens with one attached hydrogen (secondary N) is 2. The second-order valence-corrected chi connectivity index (χ2v) is 11.2. The number of imidazole rings is 1. The predicted molar refractivity (Wildman–Crippen MR) is 142 cm³/mol. The smallest absolute Gasteiger partial charge is 0.453 e. The number of ether oxygens (including phenoxy) is 1. The van der Waals surface area contributed by atoms with Gasteiger partial charge in [0.1, 0.15) is 17.9 Å². The third kappa shape index (κ3) is 5.31. The Kier molecular flexibility index (Phi) is 7.27. The molecule has 0 aliphatic carbocycles. The largest absolute Gasteiger partial charge is 0.494 e. The average Bonchev–Trinajstić information content (AvgIpc) is 3.52. The molecule has 2 amide bonds. The lowest BCUT2D eigenvalue weighted by atomic mass is 9.79. The van der Waals surface area contributed by atoms with E-state index < -0.39 is 30.5 Å². The highest BCUT2D eigenvalue weighted by Crippen LogP contribution is 2.36. The molecule has 3 heterocycles. The maximum atomic E-state index is 13.5. The second kappa shape index (κ2) is 9.98. The maximum absolute atomic E-state index is 13.5. The van der Waals surface area contributed by atoms with Gasteiger partial charge >= 0.3 is 13.2 Å². The van der Waals surface area contributed by atoms with E-state index in [1.165, 1.54) is 7.11 Å². The highest BCUT2D eigenvalue weighted by atomic mass is 16.7. The molecule has 0 bridgehead atoms. The van der Waals surface area contributed by atoms with Crippen LogP contribution in [-0.2, 0) is 18.8 Å². The summed E-state index contributed by atoms with van der Waals surface area (Å²) in [5.41, 5.74) is 2.92. The van der Waals surface area contributed by atoms with Crippen molar-refractivity contribution in [2.24, 2.45) is 5.92 Å². The molecule has 1 fully saturated rings. The van der Waals surface area contributed by atoms with E-state index in [9.17, 15) is 9.59 Å². The predicted octanol–water partition coefficient (Wildman–Crippen LogP) is 3.59. The number of alkyl carbamates (subject to hydrolysis) is 1. The molecule has 2 aliphatic heterocycles. The molecule has 0 spiro atoms. The third-order valence-corrected chi connectivity index (χ3v) is 7.48. The molecule has 1 saturated heterocycles. The summed E-state index contributed by atoms with van der Waals surface area (Å²) in [7, 11) is 0.862. The minimum Gasteiger partial charge on any atom is -0.453 e. The Morgan fingerprint density at radius 3 is 2.35 bits per heavy atom. The van der Waals surface area contributed by atoms with Gasteiger partial charge in [-0.15, -0.1) is 0 Å². The Hall–Kier alpha value is -3.11. The first-order chi connectivity index (χ1) is 17.3. The summed E-state index contributed by atoms with van der Waals surface area (Å²) in [6.45, 7) is 14.4. The molecule has 0 saturated carbocycles. The van der Waals surface area contributed by atoms with Gasteiger partial charge in [-0.3, -0.25) is 4.79 Å². The number of amides is 2. The zero-order valence-corrected chi connectivity index (χ0v) is 22.9. The number of aromatic nitrogens is 2. The van der Waals surface area contributed by atoms with Crippen molar-refractivity contribution < 1.29 is 23.6 Å². The van der Waals surface area contributed by atoms with Crippen molar-refractivity contribution in [3.63, 3.8) is 0 Å². The summed E-state index contributed by atoms with van der Waals surface area (Å²) in [5, 5.41) is 2.67. The van der Waals surface area contributed by atoms with Crippen LogP contribution in [0.2, 0.25) is 0 Å². The van der Waals surface area contributed by atoms with Gasteiger partial charge in [-0.2, -0.15) is 0 Å². The molecule has 2 aliphatic rings. The minimum absolute atomic E-state index is 0.109. The molecular weight excluding hydrogens is 471 g/mol. The standard InChI is InChI=1S/C27H37BN4O5/c1-16(2)22(31-25(34)35-8)24(33)32-15-17(3)13-21(32)23-29-14-20(30-23)18-9-11-19(12-10-18)28-36-26(4,5)27(6,7)37-28/h9-14,16,21-22H,15H2,1-8H3,(H,29,30)(H,31,34)/t21?,22-/m0/s1. The maximum Gasteiger partial charge on any atom is 0.494 e. The van der Waals surface area contributed by atoms with Crippen LogP contribution < -0.4 is 10.8 Å². The van der Waals surface area contributed by atoms with E-state index >= 15 is 0 Å². The van der Waals surface area contributed by atoms with E-state index in [1.807, 2.05) is 85.0 Å². The van der Waals surface area contributed by atoms with Crippen LogP contribution in [0.15, 0.2) is 42.1 Å². The van der Waals surface area contributed by atoms with Gasteiger partial charge < -0.3 is 29.2 Å². The number of aromatic amines is 1. The highest BCUT2D eigenvalue weighted by molar-refractivity contribution is 6.62. The number of rotatable bonds is 6. The van der Waals surface area contributed by atoms with Crippen LogP contribution in [0.5, 0.6) is 0 Å². The number of nitrogens with zero attached hydrogens (tertiary/aromatic N) is 2. The van der Waals surface area contributed by atoms with Crippen LogP contribution in [0.25, 0.3) is 11.3 Å². The van der Waals surface area contributed by atoms with Crippen LogP contribution >= 0.6 is 0 Å². The van der Waals surface area contributed by atoms with Crippen molar-refractivity contribution in [3.05, 3.63) is 47.9 Å². The quantitative estimate of drug-likeness (QED) is 0.457. The van der Waals surface area contributed by atoms with E-state index in [0.29, 0.717) is 12.4 Å². The van der Waals surface area contributed by atoms with Crippen molar-refractivity contribution in [1.82, 2.24) is 20.2 Å². The molecule has 0 radical (unpaired) electrons. The first-order valence-corrected chi connectivity index (χ1v) is 12.7. The average molecular weight is 508 g/mol. The fourth-order valence-corrected chi connectivity index (χ4v) is 4.53. The molecular formula is C27H37BN4O5. The normalized spacial score (nSPS) is 21.2. The first kappa shape index (κ1) is 26.9. The van der Waals surface area contributed by atoms with Crippen LogP contribution in [0.4, 0.5) is 4.79 Å². The van der Waals surface area contributed by atoms with Crippen molar-refractivity contribution >= 4 is 24.6 Å². The van der Waals surface area contributed by atoms with Gasteiger partial charge in [0.2, 0.25) is 5.91 Å². The van der Waals surface area contributed by atoms with Crippen LogP contribution in [-0.4, -0.2) is 64.9 Å². The highest BCUT2D eigenvalue weighted by Gasteiger charge is 2.51. The minimum atomic E-state index is -0.703. The van der Waals surface area contributed by atoms with E-state index in [1.54, 1.807) is 4.90 Å². The number of carbonyl (C=O) groups excluding carboxylic acids is 2. The van der Waals surface area contributed by atoms with Gasteiger partial charge in [0.05, 0.1) is 24.0 Å². The molecule has 9 nitrogen and oxygen atoms in total. The van der Waals surface area contributed by atoms with E-state index in [0.717, 1.165) is 22.3 Å².